The maximum absolute atomic E-state index is 10.8. The molecule has 1 heterocycles. The van der Waals surface area contributed by atoms with Gasteiger partial charge in [0.1, 0.15) is 5.69 Å². The number of hydrogen-bond acceptors (Lipinski definition) is 1. The van der Waals surface area contributed by atoms with Crippen LogP contribution in [-0.4, -0.2) is 16.1 Å². The number of benzene rings is 1. The SMILES string of the molecule is Cc1ccc2[nH]c(C(=O)O)c(Cl)c2c1. The van der Waals surface area contributed by atoms with Crippen molar-refractivity contribution in [3.05, 3.63) is 34.5 Å². The molecule has 0 atom stereocenters. The summed E-state index contributed by atoms with van der Waals surface area (Å²) in [5.41, 5.74) is 1.85. The van der Waals surface area contributed by atoms with Gasteiger partial charge >= 0.3 is 5.97 Å². The Balaban J connectivity index is 2.80. The Morgan fingerprint density at radius 3 is 2.86 bits per heavy atom. The van der Waals surface area contributed by atoms with Crippen LogP contribution in [0.4, 0.5) is 0 Å². The number of nitrogens with one attached hydrogen (secondary N) is 1. The summed E-state index contributed by atoms with van der Waals surface area (Å²) in [7, 11) is 0. The number of aryl methyl sites for hydroxylation is 1. The highest BCUT2D eigenvalue weighted by Gasteiger charge is 2.14. The molecule has 0 radical (unpaired) electrons. The summed E-state index contributed by atoms with van der Waals surface area (Å²) in [6.07, 6.45) is 0. The first kappa shape index (κ1) is 9.09. The van der Waals surface area contributed by atoms with E-state index in [1.807, 2.05) is 25.1 Å². The molecule has 0 aliphatic heterocycles. The van der Waals surface area contributed by atoms with Crippen LogP contribution in [0, 0.1) is 6.92 Å². The van der Waals surface area contributed by atoms with Gasteiger partial charge in [-0.05, 0) is 19.1 Å². The molecule has 0 saturated carbocycles. The third kappa shape index (κ3) is 1.26. The molecule has 0 saturated heterocycles. The van der Waals surface area contributed by atoms with Gasteiger partial charge in [0.15, 0.2) is 0 Å². The highest BCUT2D eigenvalue weighted by Crippen LogP contribution is 2.27. The van der Waals surface area contributed by atoms with Gasteiger partial charge in [0.25, 0.3) is 0 Å². The number of carbonyl (C=O) groups is 1. The predicted octanol–water partition coefficient (Wildman–Crippen LogP) is 2.83. The minimum absolute atomic E-state index is 0.0484. The second-order valence-electron chi connectivity index (χ2n) is 3.17. The smallest absolute Gasteiger partial charge is 0.353 e. The van der Waals surface area contributed by atoms with Crippen molar-refractivity contribution < 1.29 is 9.90 Å². The molecule has 0 bridgehead atoms. The minimum atomic E-state index is -1.04. The third-order valence-corrected chi connectivity index (χ3v) is 2.50. The molecule has 2 N–H and O–H groups in total. The molecule has 2 aromatic rings. The molecular weight excluding hydrogens is 202 g/mol. The quantitative estimate of drug-likeness (QED) is 0.759. The molecule has 72 valence electrons. The number of fused-ring (bicyclic) bond motifs is 1. The third-order valence-electron chi connectivity index (χ3n) is 2.10. The van der Waals surface area contributed by atoms with Gasteiger partial charge in [-0.15, -0.1) is 0 Å². The maximum Gasteiger partial charge on any atom is 0.353 e. The van der Waals surface area contributed by atoms with Gasteiger partial charge in [-0.25, -0.2) is 4.79 Å². The Labute approximate surface area is 85.3 Å². The van der Waals surface area contributed by atoms with E-state index in [9.17, 15) is 4.79 Å². The van der Waals surface area contributed by atoms with Crippen LogP contribution in [0.2, 0.25) is 5.02 Å². The first-order chi connectivity index (χ1) is 6.59. The fraction of sp³-hybridized carbons (Fsp3) is 0.100. The van der Waals surface area contributed by atoms with E-state index in [-0.39, 0.29) is 10.7 Å². The van der Waals surface area contributed by atoms with Gasteiger partial charge in [-0.3, -0.25) is 0 Å². The van der Waals surface area contributed by atoms with E-state index in [0.717, 1.165) is 16.5 Å². The minimum Gasteiger partial charge on any atom is -0.477 e. The molecule has 0 spiro atoms. The maximum atomic E-state index is 10.8. The van der Waals surface area contributed by atoms with Crippen LogP contribution < -0.4 is 0 Å². The van der Waals surface area contributed by atoms with Crippen molar-refractivity contribution in [1.29, 1.82) is 0 Å². The Morgan fingerprint density at radius 2 is 2.21 bits per heavy atom. The van der Waals surface area contributed by atoms with Gasteiger partial charge in [-0.1, -0.05) is 23.2 Å². The van der Waals surface area contributed by atoms with Crippen LogP contribution >= 0.6 is 11.6 Å². The fourth-order valence-corrected chi connectivity index (χ4v) is 1.70. The summed E-state index contributed by atoms with van der Waals surface area (Å²) in [6.45, 7) is 1.93. The Bertz CT molecular complexity index is 516. The zero-order valence-electron chi connectivity index (χ0n) is 7.47. The van der Waals surface area contributed by atoms with Crippen LogP contribution in [0.1, 0.15) is 16.1 Å². The number of carboxylic acid groups (broad SMARTS) is 1. The summed E-state index contributed by atoms with van der Waals surface area (Å²) in [4.78, 5) is 13.5. The normalized spacial score (nSPS) is 10.7. The summed E-state index contributed by atoms with van der Waals surface area (Å²) in [6, 6.07) is 5.59. The van der Waals surface area contributed by atoms with Crippen molar-refractivity contribution in [1.82, 2.24) is 4.98 Å². The number of hydrogen-bond donors (Lipinski definition) is 2. The number of halogens is 1. The molecule has 0 fully saturated rings. The molecule has 2 rings (SSSR count). The topological polar surface area (TPSA) is 53.1 Å². The largest absolute Gasteiger partial charge is 0.477 e. The average molecular weight is 210 g/mol. The first-order valence-corrected chi connectivity index (χ1v) is 4.48. The number of aromatic amines is 1. The lowest BCUT2D eigenvalue weighted by molar-refractivity contribution is 0.0692. The zero-order valence-corrected chi connectivity index (χ0v) is 8.22. The van der Waals surface area contributed by atoms with E-state index in [1.165, 1.54) is 0 Å². The highest BCUT2D eigenvalue weighted by molar-refractivity contribution is 6.38. The molecule has 0 unspecified atom stereocenters. The summed E-state index contributed by atoms with van der Waals surface area (Å²) >= 11 is 5.91. The van der Waals surface area contributed by atoms with Gasteiger partial charge in [0, 0.05) is 10.9 Å². The standard InChI is InChI=1S/C10H8ClNO2/c1-5-2-3-7-6(4-5)8(11)9(12-7)10(13)14/h2-4,12H,1H3,(H,13,14). The Hall–Kier alpha value is -1.48. The van der Waals surface area contributed by atoms with E-state index < -0.39 is 5.97 Å². The highest BCUT2D eigenvalue weighted by atomic mass is 35.5. The van der Waals surface area contributed by atoms with Crippen LogP contribution in [0.3, 0.4) is 0 Å². The van der Waals surface area contributed by atoms with Crippen molar-refractivity contribution in [3.63, 3.8) is 0 Å². The zero-order chi connectivity index (χ0) is 10.3. The Morgan fingerprint density at radius 1 is 1.50 bits per heavy atom. The Kier molecular flexibility index (Phi) is 1.97. The first-order valence-electron chi connectivity index (χ1n) is 4.10. The lowest BCUT2D eigenvalue weighted by atomic mass is 10.2. The molecule has 3 nitrogen and oxygen atoms in total. The molecule has 4 heteroatoms. The second-order valence-corrected chi connectivity index (χ2v) is 3.55. The number of aromatic carboxylic acids is 1. The summed E-state index contributed by atoms with van der Waals surface area (Å²) < 4.78 is 0. The van der Waals surface area contributed by atoms with E-state index in [0.29, 0.717) is 0 Å². The monoisotopic (exact) mass is 209 g/mol. The molecule has 1 aromatic heterocycles. The average Bonchev–Trinajstić information content (AvgIpc) is 2.44. The molecule has 1 aromatic carbocycles. The second kappa shape index (κ2) is 3.03. The van der Waals surface area contributed by atoms with Gasteiger partial charge in [0.2, 0.25) is 0 Å². The number of carboxylic acids is 1. The van der Waals surface area contributed by atoms with E-state index in [4.69, 9.17) is 16.7 Å². The van der Waals surface area contributed by atoms with Crippen molar-refractivity contribution in [2.45, 2.75) is 6.92 Å². The van der Waals surface area contributed by atoms with E-state index in [1.54, 1.807) is 0 Å². The van der Waals surface area contributed by atoms with Crippen molar-refractivity contribution in [2.24, 2.45) is 0 Å². The van der Waals surface area contributed by atoms with Crippen molar-refractivity contribution >= 4 is 28.5 Å². The molecule has 14 heavy (non-hydrogen) atoms. The molecule has 0 amide bonds. The molecular formula is C10H8ClNO2. The number of aromatic nitrogens is 1. The number of H-pyrrole nitrogens is 1. The number of rotatable bonds is 1. The van der Waals surface area contributed by atoms with Crippen molar-refractivity contribution in [3.8, 4) is 0 Å². The predicted molar refractivity (Wildman–Crippen MR) is 55.0 cm³/mol. The molecule has 0 aliphatic carbocycles. The van der Waals surface area contributed by atoms with Crippen LogP contribution in [0.15, 0.2) is 18.2 Å². The summed E-state index contributed by atoms with van der Waals surface area (Å²) in [5.74, 6) is -1.04. The van der Waals surface area contributed by atoms with Gasteiger partial charge < -0.3 is 10.1 Å². The fourth-order valence-electron chi connectivity index (χ4n) is 1.42. The van der Waals surface area contributed by atoms with Gasteiger partial charge in [0.05, 0.1) is 5.02 Å². The lowest BCUT2D eigenvalue weighted by Crippen LogP contribution is -1.96. The van der Waals surface area contributed by atoms with Crippen LogP contribution in [0.25, 0.3) is 10.9 Å². The van der Waals surface area contributed by atoms with Crippen LogP contribution in [-0.2, 0) is 0 Å². The van der Waals surface area contributed by atoms with Gasteiger partial charge in [-0.2, -0.15) is 0 Å². The lowest BCUT2D eigenvalue weighted by Gasteiger charge is -1.92. The summed E-state index contributed by atoms with van der Waals surface area (Å²) in [5, 5.41) is 9.85. The van der Waals surface area contributed by atoms with E-state index in [2.05, 4.69) is 4.98 Å². The molecule has 0 aliphatic rings. The van der Waals surface area contributed by atoms with Crippen LogP contribution in [0.5, 0.6) is 0 Å². The van der Waals surface area contributed by atoms with E-state index >= 15 is 0 Å². The van der Waals surface area contributed by atoms with Crippen molar-refractivity contribution in [2.75, 3.05) is 0 Å².